The molecule has 0 radical (unpaired) electrons. The number of amides is 1. The van der Waals surface area contributed by atoms with Crippen molar-refractivity contribution < 1.29 is 4.79 Å². The minimum absolute atomic E-state index is 0.000512. The average molecular weight is 284 g/mol. The second kappa shape index (κ2) is 6.69. The number of benzene rings is 1. The maximum absolute atomic E-state index is 11.7. The van der Waals surface area contributed by atoms with Crippen molar-refractivity contribution >= 4 is 21.8 Å². The number of halogens is 1. The van der Waals surface area contributed by atoms with Gasteiger partial charge in [-0.25, -0.2) is 0 Å². The Balaban J connectivity index is 2.52. The van der Waals surface area contributed by atoms with Gasteiger partial charge in [0.25, 0.3) is 5.91 Å². The molecule has 1 aromatic rings. The first kappa shape index (κ1) is 13.2. The summed E-state index contributed by atoms with van der Waals surface area (Å²) in [6.07, 6.45) is 2.01. The molecule has 0 heterocycles. The number of carbonyl (C=O) groups is 1. The Morgan fingerprint density at radius 2 is 1.94 bits per heavy atom. The first-order valence-corrected chi connectivity index (χ1v) is 6.60. The van der Waals surface area contributed by atoms with Gasteiger partial charge in [-0.2, -0.15) is 0 Å². The highest BCUT2D eigenvalue weighted by molar-refractivity contribution is 9.09. The molecule has 0 saturated heterocycles. The maximum Gasteiger partial charge on any atom is 0.251 e. The van der Waals surface area contributed by atoms with Crippen molar-refractivity contribution in [2.45, 2.75) is 31.5 Å². The predicted octanol–water partition coefficient (Wildman–Crippen LogP) is 3.15. The topological polar surface area (TPSA) is 29.1 Å². The number of rotatable bonds is 5. The lowest BCUT2D eigenvalue weighted by molar-refractivity contribution is 0.0954. The van der Waals surface area contributed by atoms with E-state index in [9.17, 15) is 4.79 Å². The summed E-state index contributed by atoms with van der Waals surface area (Å²) in [7, 11) is 0. The Labute approximate surface area is 106 Å². The van der Waals surface area contributed by atoms with E-state index in [2.05, 4.69) is 35.1 Å². The average Bonchev–Trinajstić information content (AvgIpc) is 2.35. The van der Waals surface area contributed by atoms with Crippen LogP contribution in [0.5, 0.6) is 0 Å². The van der Waals surface area contributed by atoms with Crippen LogP contribution in [0.2, 0.25) is 0 Å². The predicted molar refractivity (Wildman–Crippen MR) is 71.2 cm³/mol. The fourth-order valence-corrected chi connectivity index (χ4v) is 1.50. The van der Waals surface area contributed by atoms with Crippen molar-refractivity contribution in [3.63, 3.8) is 0 Å². The van der Waals surface area contributed by atoms with Crippen LogP contribution in [0, 0.1) is 0 Å². The van der Waals surface area contributed by atoms with Crippen molar-refractivity contribution in [2.75, 3.05) is 6.54 Å². The molecule has 1 amide bonds. The fraction of sp³-hybridized carbons (Fsp3) is 0.462. The van der Waals surface area contributed by atoms with Crippen molar-refractivity contribution in [3.8, 4) is 0 Å². The smallest absolute Gasteiger partial charge is 0.251 e. The monoisotopic (exact) mass is 283 g/mol. The zero-order valence-electron chi connectivity index (χ0n) is 9.79. The van der Waals surface area contributed by atoms with Gasteiger partial charge in [-0.3, -0.25) is 4.79 Å². The number of aryl methyl sites for hydroxylation is 1. The second-order valence-corrected chi connectivity index (χ2v) is 5.06. The third kappa shape index (κ3) is 3.97. The molecule has 1 rings (SSSR count). The van der Waals surface area contributed by atoms with Gasteiger partial charge < -0.3 is 5.32 Å². The molecule has 1 aromatic carbocycles. The molecule has 0 fully saturated rings. The van der Waals surface area contributed by atoms with E-state index in [-0.39, 0.29) is 5.91 Å². The van der Waals surface area contributed by atoms with E-state index < -0.39 is 0 Å². The lowest BCUT2D eigenvalue weighted by Gasteiger charge is -2.09. The third-order valence-corrected chi connectivity index (χ3v) is 3.52. The van der Waals surface area contributed by atoms with Gasteiger partial charge in [0.2, 0.25) is 0 Å². The summed E-state index contributed by atoms with van der Waals surface area (Å²) in [6.45, 7) is 4.86. The third-order valence-electron chi connectivity index (χ3n) is 2.55. The zero-order valence-corrected chi connectivity index (χ0v) is 11.4. The molecular formula is C13H18BrNO. The minimum atomic E-state index is 0.000512. The highest BCUT2D eigenvalue weighted by atomic mass is 79.9. The van der Waals surface area contributed by atoms with Crippen LogP contribution < -0.4 is 5.32 Å². The standard InChI is InChI=1S/C13H18BrNO/c1-3-10-5-7-11(8-6-10)13(16)15-9-12(14)4-2/h5-8,12H,3-4,9H2,1-2H3,(H,15,16). The van der Waals surface area contributed by atoms with Crippen LogP contribution in [0.1, 0.15) is 36.2 Å². The van der Waals surface area contributed by atoms with Crippen LogP contribution in [0.25, 0.3) is 0 Å². The van der Waals surface area contributed by atoms with Crippen LogP contribution in [-0.4, -0.2) is 17.3 Å². The van der Waals surface area contributed by atoms with E-state index in [1.54, 1.807) is 0 Å². The van der Waals surface area contributed by atoms with E-state index in [1.807, 2.05) is 24.3 Å². The Morgan fingerprint density at radius 3 is 2.44 bits per heavy atom. The Bertz CT molecular complexity index is 334. The molecule has 1 N–H and O–H groups in total. The van der Waals surface area contributed by atoms with Gasteiger partial charge in [0.15, 0.2) is 0 Å². The first-order chi connectivity index (χ1) is 7.67. The van der Waals surface area contributed by atoms with Crippen LogP contribution in [0.3, 0.4) is 0 Å². The van der Waals surface area contributed by atoms with Gasteiger partial charge in [0, 0.05) is 16.9 Å². The zero-order chi connectivity index (χ0) is 12.0. The summed E-state index contributed by atoms with van der Waals surface area (Å²) in [6, 6.07) is 7.76. The molecule has 2 nitrogen and oxygen atoms in total. The number of hydrogen-bond donors (Lipinski definition) is 1. The molecule has 1 unspecified atom stereocenters. The van der Waals surface area contributed by atoms with Crippen molar-refractivity contribution in [1.82, 2.24) is 5.32 Å². The molecule has 0 saturated carbocycles. The SMILES string of the molecule is CCc1ccc(C(=O)NCC(Br)CC)cc1. The van der Waals surface area contributed by atoms with E-state index >= 15 is 0 Å². The highest BCUT2D eigenvalue weighted by Crippen LogP contribution is 2.06. The van der Waals surface area contributed by atoms with E-state index in [0.29, 0.717) is 11.4 Å². The molecule has 0 bridgehead atoms. The molecule has 88 valence electrons. The number of nitrogens with one attached hydrogen (secondary N) is 1. The fourth-order valence-electron chi connectivity index (χ4n) is 1.34. The lowest BCUT2D eigenvalue weighted by atomic mass is 10.1. The molecule has 1 atom stereocenters. The lowest BCUT2D eigenvalue weighted by Crippen LogP contribution is -2.29. The van der Waals surface area contributed by atoms with Crippen LogP contribution in [0.15, 0.2) is 24.3 Å². The van der Waals surface area contributed by atoms with Crippen molar-refractivity contribution in [2.24, 2.45) is 0 Å². The molecule has 0 aromatic heterocycles. The van der Waals surface area contributed by atoms with Crippen LogP contribution in [0.4, 0.5) is 0 Å². The minimum Gasteiger partial charge on any atom is -0.351 e. The summed E-state index contributed by atoms with van der Waals surface area (Å²) in [5.41, 5.74) is 1.98. The Kier molecular flexibility index (Phi) is 5.53. The maximum atomic E-state index is 11.7. The normalized spacial score (nSPS) is 12.2. The van der Waals surface area contributed by atoms with Gasteiger partial charge in [-0.05, 0) is 30.5 Å². The molecule has 0 aliphatic carbocycles. The summed E-state index contributed by atoms with van der Waals surface area (Å²) in [4.78, 5) is 12.1. The molecule has 0 spiro atoms. The number of carbonyl (C=O) groups excluding carboxylic acids is 1. The molecule has 0 aliphatic rings. The van der Waals surface area contributed by atoms with Gasteiger partial charge >= 0.3 is 0 Å². The first-order valence-electron chi connectivity index (χ1n) is 5.68. The van der Waals surface area contributed by atoms with Gasteiger partial charge in [0.1, 0.15) is 0 Å². The van der Waals surface area contributed by atoms with Gasteiger partial charge in [0.05, 0.1) is 0 Å². The van der Waals surface area contributed by atoms with Crippen LogP contribution >= 0.6 is 15.9 Å². The number of alkyl halides is 1. The van der Waals surface area contributed by atoms with Gasteiger partial charge in [-0.15, -0.1) is 0 Å². The molecular weight excluding hydrogens is 266 g/mol. The van der Waals surface area contributed by atoms with Gasteiger partial charge in [-0.1, -0.05) is 41.9 Å². The molecule has 0 aliphatic heterocycles. The van der Waals surface area contributed by atoms with E-state index in [0.717, 1.165) is 18.4 Å². The Morgan fingerprint density at radius 1 is 1.31 bits per heavy atom. The quantitative estimate of drug-likeness (QED) is 0.827. The highest BCUT2D eigenvalue weighted by Gasteiger charge is 2.07. The van der Waals surface area contributed by atoms with Crippen molar-refractivity contribution in [3.05, 3.63) is 35.4 Å². The van der Waals surface area contributed by atoms with Crippen LogP contribution in [-0.2, 0) is 6.42 Å². The molecule has 16 heavy (non-hydrogen) atoms. The molecule has 3 heteroatoms. The van der Waals surface area contributed by atoms with Crippen molar-refractivity contribution in [1.29, 1.82) is 0 Å². The summed E-state index contributed by atoms with van der Waals surface area (Å²) < 4.78 is 0. The largest absolute Gasteiger partial charge is 0.351 e. The second-order valence-electron chi connectivity index (χ2n) is 3.77. The Hall–Kier alpha value is -0.830. The van der Waals surface area contributed by atoms with E-state index in [1.165, 1.54) is 5.56 Å². The summed E-state index contributed by atoms with van der Waals surface area (Å²) in [5, 5.41) is 2.90. The summed E-state index contributed by atoms with van der Waals surface area (Å²) in [5.74, 6) is 0.000512. The number of hydrogen-bond acceptors (Lipinski definition) is 1. The van der Waals surface area contributed by atoms with E-state index in [4.69, 9.17) is 0 Å². The summed E-state index contributed by atoms with van der Waals surface area (Å²) >= 11 is 3.49.